The monoisotopic (exact) mass is 338 g/mol. The predicted molar refractivity (Wildman–Crippen MR) is 96.5 cm³/mol. The first-order chi connectivity index (χ1) is 12.1. The third kappa shape index (κ3) is 3.99. The number of hydrogen-bond acceptors (Lipinski definition) is 3. The molecule has 0 fully saturated rings. The highest BCUT2D eigenvalue weighted by Crippen LogP contribution is 2.29. The van der Waals surface area contributed by atoms with E-state index in [0.29, 0.717) is 11.4 Å². The molecule has 25 heavy (non-hydrogen) atoms. The molecule has 0 bridgehead atoms. The number of anilines is 1. The Bertz CT molecular complexity index is 771. The Balaban J connectivity index is 1.64. The molecule has 3 rings (SSSR count). The largest absolute Gasteiger partial charge is 0.478 e. The number of benzene rings is 2. The number of fused-ring (bicyclic) bond motifs is 1. The number of carbonyl (C=O) groups excluding carboxylic acids is 2. The minimum absolute atomic E-state index is 0.0114. The summed E-state index contributed by atoms with van der Waals surface area (Å²) in [6.07, 6.45) is -0.0526. The molecule has 1 aliphatic rings. The van der Waals surface area contributed by atoms with Crippen LogP contribution in [-0.4, -0.2) is 17.9 Å². The van der Waals surface area contributed by atoms with Crippen molar-refractivity contribution in [3.05, 3.63) is 59.7 Å². The van der Waals surface area contributed by atoms with Gasteiger partial charge in [0.1, 0.15) is 5.75 Å². The first-order valence-corrected chi connectivity index (χ1v) is 8.49. The van der Waals surface area contributed by atoms with Gasteiger partial charge in [-0.05, 0) is 31.0 Å². The maximum atomic E-state index is 12.4. The number of rotatable bonds is 5. The number of aryl methyl sites for hydroxylation is 1. The molecule has 0 spiro atoms. The van der Waals surface area contributed by atoms with Crippen molar-refractivity contribution in [3.63, 3.8) is 0 Å². The Morgan fingerprint density at radius 3 is 2.64 bits per heavy atom. The van der Waals surface area contributed by atoms with Crippen molar-refractivity contribution in [1.82, 2.24) is 5.32 Å². The fraction of sp³-hybridized carbons (Fsp3) is 0.300. The zero-order valence-electron chi connectivity index (χ0n) is 14.4. The van der Waals surface area contributed by atoms with E-state index in [2.05, 4.69) is 10.6 Å². The van der Waals surface area contributed by atoms with Gasteiger partial charge in [-0.2, -0.15) is 0 Å². The number of hydrogen-bond donors (Lipinski definition) is 2. The van der Waals surface area contributed by atoms with E-state index in [-0.39, 0.29) is 24.3 Å². The fourth-order valence-electron chi connectivity index (χ4n) is 2.87. The van der Waals surface area contributed by atoms with Gasteiger partial charge in [-0.3, -0.25) is 9.59 Å². The fourth-order valence-corrected chi connectivity index (χ4v) is 2.87. The summed E-state index contributed by atoms with van der Waals surface area (Å²) in [6, 6.07) is 15.2. The quantitative estimate of drug-likeness (QED) is 0.878. The summed E-state index contributed by atoms with van der Waals surface area (Å²) in [5, 5.41) is 5.77. The van der Waals surface area contributed by atoms with Gasteiger partial charge in [0.25, 0.3) is 5.91 Å². The van der Waals surface area contributed by atoms with Crippen molar-refractivity contribution in [1.29, 1.82) is 0 Å². The Kier molecular flexibility index (Phi) is 5.03. The van der Waals surface area contributed by atoms with Crippen LogP contribution in [0.15, 0.2) is 48.5 Å². The average Bonchev–Trinajstić information content (AvgIpc) is 2.61. The van der Waals surface area contributed by atoms with E-state index >= 15 is 0 Å². The predicted octanol–water partition coefficient (Wildman–Crippen LogP) is 3.35. The summed E-state index contributed by atoms with van der Waals surface area (Å²) in [7, 11) is 0. The van der Waals surface area contributed by atoms with Crippen LogP contribution < -0.4 is 15.4 Å². The van der Waals surface area contributed by atoms with Gasteiger partial charge in [-0.1, -0.05) is 48.9 Å². The highest BCUT2D eigenvalue weighted by atomic mass is 16.5. The number of nitrogens with one attached hydrogen (secondary N) is 2. The smallest absolute Gasteiger partial charge is 0.266 e. The topological polar surface area (TPSA) is 67.4 Å². The summed E-state index contributed by atoms with van der Waals surface area (Å²) < 4.78 is 5.68. The van der Waals surface area contributed by atoms with E-state index in [1.54, 1.807) is 12.1 Å². The molecule has 5 nitrogen and oxygen atoms in total. The molecule has 2 aromatic carbocycles. The molecule has 1 heterocycles. The first kappa shape index (κ1) is 17.0. The second-order valence-electron chi connectivity index (χ2n) is 6.24. The molecule has 2 amide bonds. The summed E-state index contributed by atoms with van der Waals surface area (Å²) in [5.74, 6) is 0.0923. The molecule has 0 aromatic heterocycles. The maximum absolute atomic E-state index is 12.4. The van der Waals surface area contributed by atoms with Crippen LogP contribution >= 0.6 is 0 Å². The Labute approximate surface area is 147 Å². The van der Waals surface area contributed by atoms with Gasteiger partial charge in [0.05, 0.1) is 18.2 Å². The molecule has 5 heteroatoms. The van der Waals surface area contributed by atoms with Crippen molar-refractivity contribution < 1.29 is 14.3 Å². The number of para-hydroxylation sites is 2. The van der Waals surface area contributed by atoms with E-state index in [9.17, 15) is 9.59 Å². The zero-order valence-corrected chi connectivity index (χ0v) is 14.4. The third-order valence-corrected chi connectivity index (χ3v) is 4.30. The molecule has 2 N–H and O–H groups in total. The Morgan fingerprint density at radius 2 is 1.92 bits per heavy atom. The van der Waals surface area contributed by atoms with Crippen molar-refractivity contribution in [2.45, 2.75) is 38.8 Å². The molecule has 0 aliphatic carbocycles. The normalized spacial score (nSPS) is 17.0. The standard InChI is InChI=1S/C20H22N2O3/c1-3-15(14-10-8-13(2)9-11-14)21-19(23)12-18-20(24)22-16-6-4-5-7-17(16)25-18/h4-11,15,18H,3,12H2,1-2H3,(H,21,23)(H,22,24)/t15-,18-/m0/s1. The van der Waals surface area contributed by atoms with E-state index in [1.165, 1.54) is 5.56 Å². The molecule has 0 saturated heterocycles. The van der Waals surface area contributed by atoms with E-state index in [4.69, 9.17) is 4.74 Å². The van der Waals surface area contributed by atoms with Crippen molar-refractivity contribution in [2.75, 3.05) is 5.32 Å². The van der Waals surface area contributed by atoms with Crippen LogP contribution in [-0.2, 0) is 9.59 Å². The van der Waals surface area contributed by atoms with Crippen LogP contribution in [0, 0.1) is 6.92 Å². The van der Waals surface area contributed by atoms with Crippen LogP contribution in [0.2, 0.25) is 0 Å². The Hall–Kier alpha value is -2.82. The minimum atomic E-state index is -0.814. The average molecular weight is 338 g/mol. The lowest BCUT2D eigenvalue weighted by molar-refractivity contribution is -0.130. The van der Waals surface area contributed by atoms with E-state index in [0.717, 1.165) is 12.0 Å². The summed E-state index contributed by atoms with van der Waals surface area (Å²) in [4.78, 5) is 24.5. The second-order valence-corrected chi connectivity index (χ2v) is 6.24. The highest BCUT2D eigenvalue weighted by molar-refractivity contribution is 5.99. The van der Waals surface area contributed by atoms with Crippen molar-refractivity contribution in [2.24, 2.45) is 0 Å². The second kappa shape index (κ2) is 7.38. The van der Waals surface area contributed by atoms with Gasteiger partial charge in [0, 0.05) is 0 Å². The van der Waals surface area contributed by atoms with Gasteiger partial charge in [-0.25, -0.2) is 0 Å². The Morgan fingerprint density at radius 1 is 1.20 bits per heavy atom. The highest BCUT2D eigenvalue weighted by Gasteiger charge is 2.30. The molecule has 2 aromatic rings. The minimum Gasteiger partial charge on any atom is -0.478 e. The van der Waals surface area contributed by atoms with Crippen molar-refractivity contribution in [3.8, 4) is 5.75 Å². The van der Waals surface area contributed by atoms with Crippen LogP contribution in [0.4, 0.5) is 5.69 Å². The lowest BCUT2D eigenvalue weighted by Crippen LogP contribution is -2.41. The number of amides is 2. The molecule has 0 unspecified atom stereocenters. The van der Waals surface area contributed by atoms with Crippen LogP contribution in [0.25, 0.3) is 0 Å². The molecular formula is C20H22N2O3. The lowest BCUT2D eigenvalue weighted by atomic mass is 10.0. The first-order valence-electron chi connectivity index (χ1n) is 8.49. The van der Waals surface area contributed by atoms with Gasteiger partial charge in [0.2, 0.25) is 5.91 Å². The van der Waals surface area contributed by atoms with E-state index < -0.39 is 6.10 Å². The van der Waals surface area contributed by atoms with Gasteiger partial charge >= 0.3 is 0 Å². The molecule has 2 atom stereocenters. The van der Waals surface area contributed by atoms with Gasteiger partial charge in [-0.15, -0.1) is 0 Å². The zero-order chi connectivity index (χ0) is 17.8. The molecule has 130 valence electrons. The van der Waals surface area contributed by atoms with Gasteiger partial charge < -0.3 is 15.4 Å². The molecular weight excluding hydrogens is 316 g/mol. The maximum Gasteiger partial charge on any atom is 0.266 e. The SMILES string of the molecule is CC[C@H](NC(=O)C[C@@H]1Oc2ccccc2NC1=O)c1ccc(C)cc1. The number of carbonyl (C=O) groups is 2. The summed E-state index contributed by atoms with van der Waals surface area (Å²) in [6.45, 7) is 4.05. The van der Waals surface area contributed by atoms with E-state index in [1.807, 2.05) is 50.2 Å². The molecule has 0 saturated carbocycles. The number of ether oxygens (including phenoxy) is 1. The third-order valence-electron chi connectivity index (χ3n) is 4.30. The van der Waals surface area contributed by atoms with Crippen LogP contribution in [0.3, 0.4) is 0 Å². The molecule has 0 radical (unpaired) electrons. The van der Waals surface area contributed by atoms with Crippen molar-refractivity contribution >= 4 is 17.5 Å². The lowest BCUT2D eigenvalue weighted by Gasteiger charge is -2.26. The summed E-state index contributed by atoms with van der Waals surface area (Å²) >= 11 is 0. The van der Waals surface area contributed by atoms with Crippen LogP contribution in [0.5, 0.6) is 5.75 Å². The van der Waals surface area contributed by atoms with Crippen LogP contribution in [0.1, 0.15) is 36.9 Å². The molecule has 1 aliphatic heterocycles. The van der Waals surface area contributed by atoms with Gasteiger partial charge in [0.15, 0.2) is 6.10 Å². The summed E-state index contributed by atoms with van der Waals surface area (Å²) in [5.41, 5.74) is 2.87.